The van der Waals surface area contributed by atoms with Gasteiger partial charge in [0.25, 0.3) is 5.91 Å². The lowest BCUT2D eigenvalue weighted by Crippen LogP contribution is -2.21. The molecule has 22 heavy (non-hydrogen) atoms. The minimum Gasteiger partial charge on any atom is -0.481 e. The average Bonchev–Trinajstić information content (AvgIpc) is 2.48. The second kappa shape index (κ2) is 7.02. The molecule has 0 saturated carbocycles. The normalized spacial score (nSPS) is 10.4. The quantitative estimate of drug-likeness (QED) is 0.911. The van der Waals surface area contributed by atoms with Crippen LogP contribution in [0.5, 0.6) is 5.75 Å². The largest absolute Gasteiger partial charge is 0.481 e. The smallest absolute Gasteiger partial charge is 0.262 e. The van der Waals surface area contributed by atoms with E-state index in [1.807, 2.05) is 32.0 Å². The number of benzene rings is 2. The number of ether oxygens (including phenoxy) is 1. The van der Waals surface area contributed by atoms with Crippen molar-refractivity contribution in [2.45, 2.75) is 20.3 Å². The van der Waals surface area contributed by atoms with E-state index in [1.165, 1.54) is 0 Å². The van der Waals surface area contributed by atoms with Crippen LogP contribution in [0.15, 0.2) is 36.4 Å². The Hall–Kier alpha value is -2.43. The molecule has 116 valence electrons. The van der Waals surface area contributed by atoms with E-state index in [0.717, 1.165) is 35.4 Å². The third kappa shape index (κ3) is 3.81. The average molecular weight is 305 g/mol. The summed E-state index contributed by atoms with van der Waals surface area (Å²) in [6.07, 6.45) is 0.782. The Morgan fingerprint density at radius 1 is 1.23 bits per heavy atom. The van der Waals surface area contributed by atoms with Crippen molar-refractivity contribution in [2.24, 2.45) is 0 Å². The third-order valence-electron chi connectivity index (χ3n) is 3.26. The van der Waals surface area contributed by atoms with Crippen LogP contribution < -0.4 is 10.1 Å². The predicted molar refractivity (Wildman–Crippen MR) is 81.0 cm³/mol. The van der Waals surface area contributed by atoms with Crippen LogP contribution in [0, 0.1) is 18.6 Å². The zero-order valence-corrected chi connectivity index (χ0v) is 12.5. The summed E-state index contributed by atoms with van der Waals surface area (Å²) in [5, 5.41) is 2.77. The lowest BCUT2D eigenvalue weighted by atomic mass is 10.1. The number of para-hydroxylation sites is 1. The van der Waals surface area contributed by atoms with Crippen LogP contribution >= 0.6 is 0 Å². The lowest BCUT2D eigenvalue weighted by molar-refractivity contribution is -0.118. The minimum atomic E-state index is -0.835. The number of rotatable bonds is 5. The minimum absolute atomic E-state index is 0.156. The zero-order chi connectivity index (χ0) is 16.1. The number of hydrogen-bond donors (Lipinski definition) is 1. The summed E-state index contributed by atoms with van der Waals surface area (Å²) in [5.41, 5.74) is 2.71. The maximum absolute atomic E-state index is 13.4. The molecular weight excluding hydrogens is 288 g/mol. The highest BCUT2D eigenvalue weighted by atomic mass is 19.1. The summed E-state index contributed by atoms with van der Waals surface area (Å²) < 4.78 is 31.3. The van der Waals surface area contributed by atoms with Gasteiger partial charge in [-0.2, -0.15) is 0 Å². The third-order valence-corrected chi connectivity index (χ3v) is 3.26. The highest BCUT2D eigenvalue weighted by Gasteiger charge is 2.11. The standard InChI is InChI=1S/C17H17F2NO2/c1-3-12-6-4-5-11(2)17(12)20-16(21)10-22-15-8-7-13(18)9-14(15)19/h4-9H,3,10H2,1-2H3,(H,20,21). The zero-order valence-electron chi connectivity index (χ0n) is 12.5. The first-order chi connectivity index (χ1) is 10.5. The van der Waals surface area contributed by atoms with Gasteiger partial charge in [0.05, 0.1) is 0 Å². The summed E-state index contributed by atoms with van der Waals surface area (Å²) in [7, 11) is 0. The number of hydrogen-bond acceptors (Lipinski definition) is 2. The van der Waals surface area contributed by atoms with Gasteiger partial charge in [0.15, 0.2) is 18.2 Å². The van der Waals surface area contributed by atoms with Gasteiger partial charge in [-0.25, -0.2) is 8.78 Å². The summed E-state index contributed by atoms with van der Waals surface area (Å²) >= 11 is 0. The van der Waals surface area contributed by atoms with Gasteiger partial charge in [-0.05, 0) is 36.6 Å². The molecule has 0 aliphatic heterocycles. The van der Waals surface area contributed by atoms with Crippen molar-refractivity contribution < 1.29 is 18.3 Å². The molecule has 0 atom stereocenters. The van der Waals surface area contributed by atoms with Gasteiger partial charge in [-0.15, -0.1) is 0 Å². The van der Waals surface area contributed by atoms with Gasteiger partial charge < -0.3 is 10.1 Å². The van der Waals surface area contributed by atoms with E-state index in [0.29, 0.717) is 6.07 Å². The fraction of sp³-hybridized carbons (Fsp3) is 0.235. The molecule has 0 saturated heterocycles. The molecular formula is C17H17F2NO2. The first kappa shape index (κ1) is 15.9. The highest BCUT2D eigenvalue weighted by molar-refractivity contribution is 5.93. The van der Waals surface area contributed by atoms with Crippen molar-refractivity contribution in [1.29, 1.82) is 0 Å². The SMILES string of the molecule is CCc1cccc(C)c1NC(=O)COc1ccc(F)cc1F. The molecule has 1 N–H and O–H groups in total. The summed E-state index contributed by atoms with van der Waals surface area (Å²) in [6.45, 7) is 3.55. The van der Waals surface area contributed by atoms with Crippen molar-refractivity contribution in [1.82, 2.24) is 0 Å². The molecule has 0 bridgehead atoms. The van der Waals surface area contributed by atoms with Crippen molar-refractivity contribution in [3.05, 3.63) is 59.2 Å². The number of nitrogens with one attached hydrogen (secondary N) is 1. The van der Waals surface area contributed by atoms with Crippen LogP contribution in [0.2, 0.25) is 0 Å². The molecule has 0 radical (unpaired) electrons. The van der Waals surface area contributed by atoms with Gasteiger partial charge in [-0.3, -0.25) is 4.79 Å². The summed E-state index contributed by atoms with van der Waals surface area (Å²) in [4.78, 5) is 12.0. The molecule has 2 aromatic rings. The van der Waals surface area contributed by atoms with Crippen LogP contribution in [0.25, 0.3) is 0 Å². The first-order valence-corrected chi connectivity index (χ1v) is 6.97. The molecule has 5 heteroatoms. The van der Waals surface area contributed by atoms with E-state index in [-0.39, 0.29) is 12.4 Å². The molecule has 0 spiro atoms. The Kier molecular flexibility index (Phi) is 5.09. The summed E-state index contributed by atoms with van der Waals surface area (Å²) in [5.74, 6) is -2.08. The van der Waals surface area contributed by atoms with E-state index in [2.05, 4.69) is 5.32 Å². The lowest BCUT2D eigenvalue weighted by Gasteiger charge is -2.13. The number of halogens is 2. The number of aryl methyl sites for hydroxylation is 2. The molecule has 0 aromatic heterocycles. The van der Waals surface area contributed by atoms with Crippen LogP contribution in [-0.4, -0.2) is 12.5 Å². The monoisotopic (exact) mass is 305 g/mol. The Labute approximate surface area is 127 Å². The Morgan fingerprint density at radius 2 is 2.00 bits per heavy atom. The predicted octanol–water partition coefficient (Wildman–Crippen LogP) is 3.85. The summed E-state index contributed by atoms with van der Waals surface area (Å²) in [6, 6.07) is 8.70. The van der Waals surface area contributed by atoms with Gasteiger partial charge >= 0.3 is 0 Å². The molecule has 0 unspecified atom stereocenters. The highest BCUT2D eigenvalue weighted by Crippen LogP contribution is 2.21. The van der Waals surface area contributed by atoms with Crippen LogP contribution in [0.1, 0.15) is 18.1 Å². The van der Waals surface area contributed by atoms with Crippen molar-refractivity contribution in [2.75, 3.05) is 11.9 Å². The van der Waals surface area contributed by atoms with Gasteiger partial charge in [0.2, 0.25) is 0 Å². The molecule has 0 aliphatic carbocycles. The fourth-order valence-corrected chi connectivity index (χ4v) is 2.11. The van der Waals surface area contributed by atoms with Gasteiger partial charge in [0.1, 0.15) is 5.82 Å². The molecule has 0 fully saturated rings. The van der Waals surface area contributed by atoms with Gasteiger partial charge in [0, 0.05) is 11.8 Å². The van der Waals surface area contributed by atoms with Crippen LogP contribution in [-0.2, 0) is 11.2 Å². The van der Waals surface area contributed by atoms with Crippen LogP contribution in [0.4, 0.5) is 14.5 Å². The van der Waals surface area contributed by atoms with Gasteiger partial charge in [-0.1, -0.05) is 25.1 Å². The number of anilines is 1. The van der Waals surface area contributed by atoms with E-state index in [1.54, 1.807) is 0 Å². The maximum Gasteiger partial charge on any atom is 0.262 e. The molecule has 3 nitrogen and oxygen atoms in total. The van der Waals surface area contributed by atoms with E-state index in [9.17, 15) is 13.6 Å². The molecule has 2 aromatic carbocycles. The Balaban J connectivity index is 2.02. The second-order valence-electron chi connectivity index (χ2n) is 4.87. The number of carbonyl (C=O) groups is 1. The maximum atomic E-state index is 13.4. The first-order valence-electron chi connectivity index (χ1n) is 6.97. The number of carbonyl (C=O) groups excluding carboxylic acids is 1. The van der Waals surface area contributed by atoms with Crippen LogP contribution in [0.3, 0.4) is 0 Å². The van der Waals surface area contributed by atoms with Crippen molar-refractivity contribution >= 4 is 11.6 Å². The van der Waals surface area contributed by atoms with E-state index in [4.69, 9.17) is 4.74 Å². The van der Waals surface area contributed by atoms with E-state index >= 15 is 0 Å². The Bertz CT molecular complexity index is 686. The van der Waals surface area contributed by atoms with E-state index < -0.39 is 17.5 Å². The van der Waals surface area contributed by atoms with Crippen molar-refractivity contribution in [3.8, 4) is 5.75 Å². The number of amides is 1. The topological polar surface area (TPSA) is 38.3 Å². The molecule has 0 aliphatic rings. The molecule has 1 amide bonds. The molecule has 2 rings (SSSR count). The second-order valence-corrected chi connectivity index (χ2v) is 4.87. The Morgan fingerprint density at radius 3 is 2.68 bits per heavy atom. The fourth-order valence-electron chi connectivity index (χ4n) is 2.11. The molecule has 0 heterocycles. The van der Waals surface area contributed by atoms with Crippen molar-refractivity contribution in [3.63, 3.8) is 0 Å².